The Kier molecular flexibility index (Phi) is 4.16. The fraction of sp³-hybridized carbons (Fsp3) is 0.556. The molecule has 0 bridgehead atoms. The minimum absolute atomic E-state index is 0.293. The van der Waals surface area contributed by atoms with Gasteiger partial charge in [-0.2, -0.15) is 13.2 Å². The van der Waals surface area contributed by atoms with Crippen molar-refractivity contribution in [3.63, 3.8) is 0 Å². The summed E-state index contributed by atoms with van der Waals surface area (Å²) in [6.45, 7) is 2.98. The zero-order chi connectivity index (χ0) is 13.2. The van der Waals surface area contributed by atoms with Gasteiger partial charge >= 0.3 is 6.18 Å². The highest BCUT2D eigenvalue weighted by Gasteiger charge is 2.35. The van der Waals surface area contributed by atoms with Gasteiger partial charge in [-0.1, -0.05) is 0 Å². The van der Waals surface area contributed by atoms with Crippen LogP contribution in [0.15, 0.2) is 6.20 Å². The number of hydrogen-bond donors (Lipinski definition) is 2. The zero-order valence-electron chi connectivity index (χ0n) is 9.09. The molecule has 96 valence electrons. The molecule has 2 atom stereocenters. The van der Waals surface area contributed by atoms with Crippen LogP contribution in [0.5, 0.6) is 0 Å². The van der Waals surface area contributed by atoms with Crippen molar-refractivity contribution in [1.29, 1.82) is 0 Å². The van der Waals surface area contributed by atoms with E-state index in [2.05, 4.69) is 15.3 Å². The van der Waals surface area contributed by atoms with E-state index < -0.39 is 29.7 Å². The molecular formula is C9H11ClF3N3O. The third kappa shape index (κ3) is 3.71. The van der Waals surface area contributed by atoms with Crippen LogP contribution in [0.2, 0.25) is 5.28 Å². The summed E-state index contributed by atoms with van der Waals surface area (Å²) in [6, 6.07) is -0.595. The van der Waals surface area contributed by atoms with Crippen molar-refractivity contribution >= 4 is 17.4 Å². The first-order valence-corrected chi connectivity index (χ1v) is 5.14. The Morgan fingerprint density at radius 1 is 1.41 bits per heavy atom. The third-order valence-electron chi connectivity index (χ3n) is 2.15. The normalized spacial score (nSPS) is 15.5. The maximum absolute atomic E-state index is 12.6. The number of halogens is 4. The van der Waals surface area contributed by atoms with Crippen LogP contribution < -0.4 is 5.32 Å². The summed E-state index contributed by atoms with van der Waals surface area (Å²) in [5, 5.41) is 11.4. The van der Waals surface area contributed by atoms with Crippen LogP contribution in [-0.4, -0.2) is 27.2 Å². The molecule has 0 radical (unpaired) electrons. The molecule has 0 saturated heterocycles. The molecule has 0 saturated carbocycles. The van der Waals surface area contributed by atoms with E-state index in [9.17, 15) is 18.3 Å². The highest BCUT2D eigenvalue weighted by atomic mass is 35.5. The van der Waals surface area contributed by atoms with Crippen molar-refractivity contribution in [2.45, 2.75) is 32.2 Å². The molecule has 0 aliphatic rings. The summed E-state index contributed by atoms with van der Waals surface area (Å²) >= 11 is 5.44. The second kappa shape index (κ2) is 5.05. The van der Waals surface area contributed by atoms with Crippen LogP contribution in [0.3, 0.4) is 0 Å². The van der Waals surface area contributed by atoms with Crippen molar-refractivity contribution in [3.8, 4) is 0 Å². The lowest BCUT2D eigenvalue weighted by molar-refractivity contribution is -0.137. The lowest BCUT2D eigenvalue weighted by Crippen LogP contribution is -2.29. The highest BCUT2D eigenvalue weighted by Crippen LogP contribution is 2.34. The molecule has 1 heterocycles. The SMILES string of the molecule is CC(Nc1nc(Cl)ncc1C(F)(F)F)[C@@H](C)O. The second-order valence-electron chi connectivity index (χ2n) is 3.57. The van der Waals surface area contributed by atoms with Crippen molar-refractivity contribution in [2.75, 3.05) is 5.32 Å². The summed E-state index contributed by atoms with van der Waals surface area (Å²) < 4.78 is 37.8. The Labute approximate surface area is 101 Å². The Morgan fingerprint density at radius 3 is 2.47 bits per heavy atom. The molecule has 0 aliphatic carbocycles. The van der Waals surface area contributed by atoms with Crippen LogP contribution in [-0.2, 0) is 6.18 Å². The van der Waals surface area contributed by atoms with Crippen LogP contribution in [0, 0.1) is 0 Å². The maximum atomic E-state index is 12.6. The van der Waals surface area contributed by atoms with Crippen molar-refractivity contribution in [1.82, 2.24) is 9.97 Å². The van der Waals surface area contributed by atoms with E-state index in [4.69, 9.17) is 11.6 Å². The Hall–Kier alpha value is -1.08. The molecule has 1 aromatic rings. The standard InChI is InChI=1S/C9H11ClF3N3O/c1-4(5(2)17)15-7-6(9(11,12)13)3-14-8(10)16-7/h3-5,17H,1-2H3,(H,14,15,16)/t4?,5-/m1/s1. The minimum atomic E-state index is -4.58. The van der Waals surface area contributed by atoms with Gasteiger partial charge in [-0.15, -0.1) is 0 Å². The third-order valence-corrected chi connectivity index (χ3v) is 2.33. The molecule has 0 amide bonds. The first-order chi connectivity index (χ1) is 7.71. The molecule has 4 nitrogen and oxygen atoms in total. The maximum Gasteiger partial charge on any atom is 0.421 e. The fourth-order valence-corrected chi connectivity index (χ4v) is 1.15. The number of hydrogen-bond acceptors (Lipinski definition) is 4. The Morgan fingerprint density at radius 2 is 2.00 bits per heavy atom. The van der Waals surface area contributed by atoms with Crippen LogP contribution in [0.4, 0.5) is 19.0 Å². The molecular weight excluding hydrogens is 259 g/mol. The number of alkyl halides is 3. The number of aliphatic hydroxyl groups is 1. The van der Waals surface area contributed by atoms with Gasteiger partial charge in [-0.3, -0.25) is 0 Å². The number of nitrogens with zero attached hydrogens (tertiary/aromatic N) is 2. The van der Waals surface area contributed by atoms with E-state index in [-0.39, 0.29) is 5.28 Å². The number of nitrogens with one attached hydrogen (secondary N) is 1. The van der Waals surface area contributed by atoms with Gasteiger partial charge in [0.25, 0.3) is 0 Å². The minimum Gasteiger partial charge on any atom is -0.391 e. The predicted molar refractivity (Wildman–Crippen MR) is 56.8 cm³/mol. The lowest BCUT2D eigenvalue weighted by Gasteiger charge is -2.19. The van der Waals surface area contributed by atoms with E-state index in [0.717, 1.165) is 0 Å². The van der Waals surface area contributed by atoms with E-state index >= 15 is 0 Å². The summed E-state index contributed by atoms with van der Waals surface area (Å²) in [5.74, 6) is -0.439. The molecule has 1 unspecified atom stereocenters. The summed E-state index contributed by atoms with van der Waals surface area (Å²) in [5.41, 5.74) is -1.02. The van der Waals surface area contributed by atoms with Gasteiger partial charge in [0.15, 0.2) is 0 Å². The van der Waals surface area contributed by atoms with Crippen LogP contribution >= 0.6 is 11.6 Å². The van der Waals surface area contributed by atoms with Crippen LogP contribution in [0.1, 0.15) is 19.4 Å². The molecule has 1 rings (SSSR count). The van der Waals surface area contributed by atoms with Gasteiger partial charge in [-0.25, -0.2) is 9.97 Å². The molecule has 0 fully saturated rings. The molecule has 0 aliphatic heterocycles. The largest absolute Gasteiger partial charge is 0.421 e. The molecule has 0 spiro atoms. The number of anilines is 1. The van der Waals surface area contributed by atoms with Gasteiger partial charge in [0.1, 0.15) is 11.4 Å². The van der Waals surface area contributed by atoms with Crippen LogP contribution in [0.25, 0.3) is 0 Å². The van der Waals surface area contributed by atoms with Gasteiger partial charge in [0, 0.05) is 6.20 Å². The average molecular weight is 270 g/mol. The van der Waals surface area contributed by atoms with Crippen molar-refractivity contribution < 1.29 is 18.3 Å². The lowest BCUT2D eigenvalue weighted by atomic mass is 10.2. The molecule has 1 aromatic heterocycles. The molecule has 2 N–H and O–H groups in total. The monoisotopic (exact) mass is 269 g/mol. The molecule has 8 heteroatoms. The predicted octanol–water partition coefficient (Wildman–Crippen LogP) is 2.33. The Bertz CT molecular complexity index is 398. The van der Waals surface area contributed by atoms with Gasteiger partial charge in [0.05, 0.1) is 12.1 Å². The summed E-state index contributed by atoms with van der Waals surface area (Å²) in [6.07, 6.45) is -4.80. The van der Waals surface area contributed by atoms with Crippen molar-refractivity contribution in [2.24, 2.45) is 0 Å². The van der Waals surface area contributed by atoms with Gasteiger partial charge < -0.3 is 10.4 Å². The fourth-order valence-electron chi connectivity index (χ4n) is 1.01. The number of rotatable bonds is 3. The summed E-state index contributed by atoms with van der Waals surface area (Å²) in [4.78, 5) is 6.76. The zero-order valence-corrected chi connectivity index (χ0v) is 9.84. The van der Waals surface area contributed by atoms with E-state index in [0.29, 0.717) is 6.20 Å². The molecule has 17 heavy (non-hydrogen) atoms. The average Bonchev–Trinajstić information content (AvgIpc) is 2.15. The Balaban J connectivity index is 3.08. The smallest absolute Gasteiger partial charge is 0.391 e. The number of aromatic nitrogens is 2. The second-order valence-corrected chi connectivity index (χ2v) is 3.91. The van der Waals surface area contributed by atoms with Crippen molar-refractivity contribution in [3.05, 3.63) is 17.0 Å². The number of aliphatic hydroxyl groups excluding tert-OH is 1. The highest BCUT2D eigenvalue weighted by molar-refractivity contribution is 6.28. The topological polar surface area (TPSA) is 58.0 Å². The summed E-state index contributed by atoms with van der Waals surface area (Å²) in [7, 11) is 0. The van der Waals surface area contributed by atoms with E-state index in [1.54, 1.807) is 0 Å². The quantitative estimate of drug-likeness (QED) is 0.827. The molecule has 0 aromatic carbocycles. The first kappa shape index (κ1) is 14.0. The van der Waals surface area contributed by atoms with Gasteiger partial charge in [-0.05, 0) is 25.4 Å². The first-order valence-electron chi connectivity index (χ1n) is 4.76. The van der Waals surface area contributed by atoms with E-state index in [1.165, 1.54) is 13.8 Å². The van der Waals surface area contributed by atoms with E-state index in [1.807, 2.05) is 0 Å². The van der Waals surface area contributed by atoms with Gasteiger partial charge in [0.2, 0.25) is 5.28 Å².